The van der Waals surface area contributed by atoms with E-state index in [4.69, 9.17) is 0 Å². The Bertz CT molecular complexity index is 616. The zero-order valence-electron chi connectivity index (χ0n) is 14.8. The first-order valence-electron chi connectivity index (χ1n) is 8.11. The number of carbonyl (C=O) groups is 2. The van der Waals surface area contributed by atoms with Crippen LogP contribution in [-0.4, -0.2) is 55.4 Å². The first kappa shape index (κ1) is 21.2. The molecule has 1 aliphatic rings. The fourth-order valence-electron chi connectivity index (χ4n) is 2.41. The van der Waals surface area contributed by atoms with Crippen LogP contribution in [0.5, 0.6) is 0 Å². The van der Waals surface area contributed by atoms with E-state index in [1.165, 1.54) is 0 Å². The number of rotatable bonds is 4. The highest BCUT2D eigenvalue weighted by Gasteiger charge is 2.21. The van der Waals surface area contributed by atoms with Crippen molar-refractivity contribution >= 4 is 41.8 Å². The number of halogens is 1. The number of hydrogen-bond acceptors (Lipinski definition) is 3. The maximum Gasteiger partial charge on any atom is 0.254 e. The Morgan fingerprint density at radius 1 is 1.32 bits per heavy atom. The molecular weight excluding hydrogens is 433 g/mol. The van der Waals surface area contributed by atoms with Crippen LogP contribution in [0.1, 0.15) is 29.8 Å². The summed E-state index contributed by atoms with van der Waals surface area (Å²) in [7, 11) is 1.73. The molecule has 138 valence electrons. The molecule has 1 aliphatic heterocycles. The Kier molecular flexibility index (Phi) is 8.67. The molecule has 7 nitrogen and oxygen atoms in total. The van der Waals surface area contributed by atoms with Gasteiger partial charge < -0.3 is 20.9 Å². The number of amides is 2. The van der Waals surface area contributed by atoms with E-state index in [1.54, 1.807) is 24.1 Å². The maximum atomic E-state index is 12.4. The predicted molar refractivity (Wildman–Crippen MR) is 109 cm³/mol. The highest BCUT2D eigenvalue weighted by atomic mass is 127. The topological polar surface area (TPSA) is 85.8 Å². The van der Waals surface area contributed by atoms with E-state index in [9.17, 15) is 9.59 Å². The fraction of sp³-hybridized carbons (Fsp3) is 0.471. The van der Waals surface area contributed by atoms with Crippen molar-refractivity contribution in [1.82, 2.24) is 20.9 Å². The Labute approximate surface area is 165 Å². The summed E-state index contributed by atoms with van der Waals surface area (Å²) >= 11 is 0. The lowest BCUT2D eigenvalue weighted by Gasteiger charge is -2.26. The average Bonchev–Trinajstić information content (AvgIpc) is 2.58. The molecule has 1 saturated heterocycles. The summed E-state index contributed by atoms with van der Waals surface area (Å²) in [5, 5.41) is 9.16. The molecule has 0 atom stereocenters. The third-order valence-corrected chi connectivity index (χ3v) is 3.64. The molecule has 0 saturated carbocycles. The van der Waals surface area contributed by atoms with Crippen molar-refractivity contribution in [3.63, 3.8) is 0 Å². The van der Waals surface area contributed by atoms with Crippen molar-refractivity contribution in [2.75, 3.05) is 26.7 Å². The van der Waals surface area contributed by atoms with Crippen molar-refractivity contribution in [3.8, 4) is 0 Å². The van der Waals surface area contributed by atoms with Gasteiger partial charge in [-0.05, 0) is 31.5 Å². The smallest absolute Gasteiger partial charge is 0.254 e. The first-order chi connectivity index (χ1) is 11.5. The predicted octanol–water partition coefficient (Wildman–Crippen LogP) is 0.950. The monoisotopic (exact) mass is 459 g/mol. The quantitative estimate of drug-likeness (QED) is 0.356. The second-order valence-corrected chi connectivity index (χ2v) is 6.00. The third-order valence-electron chi connectivity index (χ3n) is 3.64. The van der Waals surface area contributed by atoms with Crippen molar-refractivity contribution in [3.05, 3.63) is 35.4 Å². The molecule has 0 bridgehead atoms. The number of carbonyl (C=O) groups excluding carboxylic acids is 2. The second-order valence-electron chi connectivity index (χ2n) is 6.00. The molecule has 1 aromatic carbocycles. The van der Waals surface area contributed by atoms with E-state index in [-0.39, 0.29) is 42.3 Å². The molecule has 0 radical (unpaired) electrons. The van der Waals surface area contributed by atoms with Crippen LogP contribution in [0.25, 0.3) is 0 Å². The second kappa shape index (κ2) is 10.2. The first-order valence-corrected chi connectivity index (χ1v) is 8.11. The number of benzene rings is 1. The Hall–Kier alpha value is -1.84. The maximum absolute atomic E-state index is 12.4. The highest BCUT2D eigenvalue weighted by Crippen LogP contribution is 2.09. The Morgan fingerprint density at radius 3 is 2.56 bits per heavy atom. The average molecular weight is 459 g/mol. The minimum Gasteiger partial charge on any atom is -0.354 e. The van der Waals surface area contributed by atoms with Gasteiger partial charge in [0.25, 0.3) is 5.91 Å². The van der Waals surface area contributed by atoms with E-state index in [2.05, 4.69) is 20.9 Å². The van der Waals surface area contributed by atoms with Crippen LogP contribution in [-0.2, 0) is 11.3 Å². The van der Waals surface area contributed by atoms with E-state index < -0.39 is 0 Å². The SMILES string of the molecule is CN=C(NCc1ccc(C(=O)N2CCNC(=O)C2)cc1)NC(C)C.I. The molecule has 25 heavy (non-hydrogen) atoms. The molecule has 2 amide bonds. The standard InChI is InChI=1S/C17H25N5O2.HI/c1-12(2)21-17(18-3)20-10-13-4-6-14(7-5-13)16(24)22-9-8-19-15(23)11-22;/h4-7,12H,8-11H2,1-3H3,(H,19,23)(H2,18,20,21);1H. The molecule has 1 heterocycles. The Morgan fingerprint density at radius 2 is 2.00 bits per heavy atom. The van der Waals surface area contributed by atoms with Crippen molar-refractivity contribution in [2.24, 2.45) is 4.99 Å². The van der Waals surface area contributed by atoms with E-state index in [1.807, 2.05) is 26.0 Å². The molecule has 1 aromatic rings. The third kappa shape index (κ3) is 6.52. The molecule has 0 aliphatic carbocycles. The minimum absolute atomic E-state index is 0. The Balaban J connectivity index is 0.00000312. The largest absolute Gasteiger partial charge is 0.354 e. The van der Waals surface area contributed by atoms with Crippen LogP contribution in [0.3, 0.4) is 0 Å². The van der Waals surface area contributed by atoms with E-state index in [0.29, 0.717) is 31.2 Å². The summed E-state index contributed by atoms with van der Waals surface area (Å²) < 4.78 is 0. The summed E-state index contributed by atoms with van der Waals surface area (Å²) in [6.45, 7) is 5.90. The summed E-state index contributed by atoms with van der Waals surface area (Å²) in [6, 6.07) is 7.72. The number of guanidine groups is 1. The van der Waals surface area contributed by atoms with Crippen molar-refractivity contribution in [1.29, 1.82) is 0 Å². The van der Waals surface area contributed by atoms with Gasteiger partial charge in [0.1, 0.15) is 0 Å². The molecule has 0 aromatic heterocycles. The van der Waals surface area contributed by atoms with Crippen LogP contribution in [0.4, 0.5) is 0 Å². The summed E-state index contributed by atoms with van der Waals surface area (Å²) in [5.74, 6) is 0.519. The van der Waals surface area contributed by atoms with Gasteiger partial charge in [-0.2, -0.15) is 0 Å². The minimum atomic E-state index is -0.112. The van der Waals surface area contributed by atoms with Gasteiger partial charge in [0.15, 0.2) is 5.96 Å². The summed E-state index contributed by atoms with van der Waals surface area (Å²) in [5.41, 5.74) is 1.65. The lowest BCUT2D eigenvalue weighted by molar-refractivity contribution is -0.123. The molecule has 1 fully saturated rings. The van der Waals surface area contributed by atoms with Crippen LogP contribution in [0.15, 0.2) is 29.3 Å². The molecule has 0 spiro atoms. The zero-order chi connectivity index (χ0) is 17.5. The lowest BCUT2D eigenvalue weighted by Crippen LogP contribution is -2.49. The van der Waals surface area contributed by atoms with Crippen molar-refractivity contribution < 1.29 is 9.59 Å². The van der Waals surface area contributed by atoms with Gasteiger partial charge in [-0.15, -0.1) is 24.0 Å². The van der Waals surface area contributed by atoms with Crippen LogP contribution < -0.4 is 16.0 Å². The molecule has 3 N–H and O–H groups in total. The molecule has 2 rings (SSSR count). The van der Waals surface area contributed by atoms with E-state index in [0.717, 1.165) is 11.5 Å². The number of nitrogens with one attached hydrogen (secondary N) is 3. The normalized spacial score (nSPS) is 14.6. The number of nitrogens with zero attached hydrogens (tertiary/aromatic N) is 2. The molecule has 0 unspecified atom stereocenters. The van der Waals surface area contributed by atoms with Crippen LogP contribution in [0.2, 0.25) is 0 Å². The number of aliphatic imine (C=N–C) groups is 1. The van der Waals surface area contributed by atoms with Gasteiger partial charge in [-0.3, -0.25) is 14.6 Å². The molecular formula is C17H26IN5O2. The number of hydrogen-bond donors (Lipinski definition) is 3. The zero-order valence-corrected chi connectivity index (χ0v) is 17.2. The van der Waals surface area contributed by atoms with Crippen molar-refractivity contribution in [2.45, 2.75) is 26.4 Å². The highest BCUT2D eigenvalue weighted by molar-refractivity contribution is 14.0. The summed E-state index contributed by atoms with van der Waals surface area (Å²) in [4.78, 5) is 29.5. The summed E-state index contributed by atoms with van der Waals surface area (Å²) in [6.07, 6.45) is 0. The van der Waals surface area contributed by atoms with Gasteiger partial charge in [0.05, 0.1) is 6.54 Å². The fourth-order valence-corrected chi connectivity index (χ4v) is 2.41. The lowest BCUT2D eigenvalue weighted by atomic mass is 10.1. The van der Waals surface area contributed by atoms with E-state index >= 15 is 0 Å². The van der Waals surface area contributed by atoms with Gasteiger partial charge in [-0.1, -0.05) is 12.1 Å². The molecule has 8 heteroatoms. The van der Waals surface area contributed by atoms with Gasteiger partial charge in [0, 0.05) is 38.3 Å². The van der Waals surface area contributed by atoms with Crippen LogP contribution in [0, 0.1) is 0 Å². The van der Waals surface area contributed by atoms with Crippen LogP contribution >= 0.6 is 24.0 Å². The van der Waals surface area contributed by atoms with Gasteiger partial charge >= 0.3 is 0 Å². The van der Waals surface area contributed by atoms with Gasteiger partial charge in [0.2, 0.25) is 5.91 Å². The van der Waals surface area contributed by atoms with Gasteiger partial charge in [-0.25, -0.2) is 0 Å². The number of piperazine rings is 1.